The molecule has 1 heterocycles. The number of alkyl halides is 2. The number of benzene rings is 1. The van der Waals surface area contributed by atoms with E-state index in [0.717, 1.165) is 18.9 Å². The summed E-state index contributed by atoms with van der Waals surface area (Å²) >= 11 is 0. The van der Waals surface area contributed by atoms with Gasteiger partial charge in [0, 0.05) is 12.1 Å². The van der Waals surface area contributed by atoms with E-state index in [2.05, 4.69) is 15.3 Å². The molecule has 1 fully saturated rings. The van der Waals surface area contributed by atoms with Crippen molar-refractivity contribution in [3.63, 3.8) is 0 Å². The number of nitrogens with two attached hydrogens (primary N) is 1. The number of carbonyl (C=O) groups is 1. The van der Waals surface area contributed by atoms with Crippen molar-refractivity contribution in [1.82, 2.24) is 9.97 Å². The molecule has 3 rings (SSSR count). The van der Waals surface area contributed by atoms with Gasteiger partial charge in [-0.1, -0.05) is 18.2 Å². The van der Waals surface area contributed by atoms with Crippen LogP contribution in [0.15, 0.2) is 24.4 Å². The zero-order chi connectivity index (χ0) is 18.7. The van der Waals surface area contributed by atoms with Crippen LogP contribution in [0.2, 0.25) is 0 Å². The van der Waals surface area contributed by atoms with Gasteiger partial charge in [-0.2, -0.15) is 0 Å². The molecule has 0 aliphatic heterocycles. The molecule has 2 aromatic rings. The van der Waals surface area contributed by atoms with E-state index in [1.165, 1.54) is 18.3 Å². The van der Waals surface area contributed by atoms with Gasteiger partial charge < -0.3 is 15.8 Å². The number of hydrogen-bond acceptors (Lipinski definition) is 5. The van der Waals surface area contributed by atoms with Gasteiger partial charge in [0.2, 0.25) is 5.82 Å². The third-order valence-corrected chi connectivity index (χ3v) is 3.94. The first-order chi connectivity index (χ1) is 12.5. The van der Waals surface area contributed by atoms with Gasteiger partial charge in [-0.05, 0) is 18.8 Å². The van der Waals surface area contributed by atoms with Gasteiger partial charge in [0.1, 0.15) is 5.82 Å². The molecule has 0 radical (unpaired) electrons. The molecule has 6 nitrogen and oxygen atoms in total. The average molecular weight is 366 g/mol. The van der Waals surface area contributed by atoms with Crippen LogP contribution < -0.4 is 15.8 Å². The lowest BCUT2D eigenvalue weighted by Gasteiger charge is -2.13. The maximum atomic E-state index is 14.1. The molecular formula is C17H17F3N4O2. The van der Waals surface area contributed by atoms with Gasteiger partial charge in [0.25, 0.3) is 12.3 Å². The molecule has 1 aromatic carbocycles. The van der Waals surface area contributed by atoms with Crippen molar-refractivity contribution in [2.24, 2.45) is 11.7 Å². The fourth-order valence-corrected chi connectivity index (χ4v) is 2.30. The summed E-state index contributed by atoms with van der Waals surface area (Å²) in [6, 6.07) is 3.76. The number of nitrogens with zero attached hydrogens (tertiary/aromatic N) is 2. The zero-order valence-corrected chi connectivity index (χ0v) is 13.7. The Morgan fingerprint density at radius 1 is 1.38 bits per heavy atom. The summed E-state index contributed by atoms with van der Waals surface area (Å²) in [5.41, 5.74) is 4.54. The zero-order valence-electron chi connectivity index (χ0n) is 13.7. The molecular weight excluding hydrogens is 349 g/mol. The van der Waals surface area contributed by atoms with Crippen molar-refractivity contribution < 1.29 is 22.7 Å². The van der Waals surface area contributed by atoms with Crippen molar-refractivity contribution in [3.8, 4) is 5.75 Å². The van der Waals surface area contributed by atoms with Crippen molar-refractivity contribution in [2.75, 3.05) is 11.9 Å². The molecule has 1 saturated carbocycles. The molecule has 0 saturated heterocycles. The summed E-state index contributed by atoms with van der Waals surface area (Å²) in [6.07, 6.45) is 0.556. The molecule has 26 heavy (non-hydrogen) atoms. The van der Waals surface area contributed by atoms with Crippen LogP contribution in [-0.4, -0.2) is 22.5 Å². The monoisotopic (exact) mass is 366 g/mol. The lowest BCUT2D eigenvalue weighted by atomic mass is 10.1. The van der Waals surface area contributed by atoms with Gasteiger partial charge in [0.05, 0.1) is 18.4 Å². The first-order valence-corrected chi connectivity index (χ1v) is 8.04. The van der Waals surface area contributed by atoms with Crippen LogP contribution in [0.5, 0.6) is 5.75 Å². The quantitative estimate of drug-likeness (QED) is 0.749. The predicted octanol–water partition coefficient (Wildman–Crippen LogP) is 3.05. The van der Waals surface area contributed by atoms with Gasteiger partial charge in [-0.25, -0.2) is 23.1 Å². The molecule has 1 aromatic heterocycles. The predicted molar refractivity (Wildman–Crippen MR) is 87.5 cm³/mol. The highest BCUT2D eigenvalue weighted by molar-refractivity contribution is 5.89. The smallest absolute Gasteiger partial charge is 0.286 e. The minimum Gasteiger partial charge on any atom is -0.488 e. The number of aromatic nitrogens is 2. The lowest BCUT2D eigenvalue weighted by molar-refractivity contribution is 0.0990. The van der Waals surface area contributed by atoms with E-state index in [9.17, 15) is 18.0 Å². The number of primary amides is 1. The lowest BCUT2D eigenvalue weighted by Crippen LogP contribution is -2.17. The average Bonchev–Trinajstić information content (AvgIpc) is 3.43. The van der Waals surface area contributed by atoms with E-state index >= 15 is 0 Å². The Hall–Kier alpha value is -2.84. The number of rotatable bonds is 8. The largest absolute Gasteiger partial charge is 0.488 e. The second-order valence-corrected chi connectivity index (χ2v) is 6.00. The summed E-state index contributed by atoms with van der Waals surface area (Å²) in [5.74, 6) is -1.14. The van der Waals surface area contributed by atoms with E-state index in [4.69, 9.17) is 10.5 Å². The minimum atomic E-state index is -2.91. The third-order valence-electron chi connectivity index (χ3n) is 3.94. The highest BCUT2D eigenvalue weighted by atomic mass is 19.3. The molecule has 1 aliphatic carbocycles. The van der Waals surface area contributed by atoms with E-state index in [1.54, 1.807) is 0 Å². The van der Waals surface area contributed by atoms with Crippen molar-refractivity contribution in [3.05, 3.63) is 47.2 Å². The van der Waals surface area contributed by atoms with Gasteiger partial charge >= 0.3 is 0 Å². The SMILES string of the molecule is NC(=O)c1ncc(OCC2CC2)c(NCc2cccc(C(F)F)c2F)n1. The van der Waals surface area contributed by atoms with Crippen LogP contribution in [0.25, 0.3) is 0 Å². The highest BCUT2D eigenvalue weighted by Gasteiger charge is 2.23. The highest BCUT2D eigenvalue weighted by Crippen LogP contribution is 2.31. The summed E-state index contributed by atoms with van der Waals surface area (Å²) in [5, 5.41) is 2.81. The summed E-state index contributed by atoms with van der Waals surface area (Å²) in [7, 11) is 0. The normalized spacial score (nSPS) is 13.7. The molecule has 0 atom stereocenters. The van der Waals surface area contributed by atoms with Crippen LogP contribution in [0.1, 0.15) is 41.0 Å². The number of halogens is 3. The Morgan fingerprint density at radius 3 is 2.81 bits per heavy atom. The fourth-order valence-electron chi connectivity index (χ4n) is 2.30. The fraction of sp³-hybridized carbons (Fsp3) is 0.353. The Labute approximate surface area is 147 Å². The maximum Gasteiger partial charge on any atom is 0.286 e. The molecule has 0 spiro atoms. The second-order valence-electron chi connectivity index (χ2n) is 6.00. The molecule has 1 amide bonds. The van der Waals surface area contributed by atoms with Crippen molar-refractivity contribution in [2.45, 2.75) is 25.8 Å². The maximum absolute atomic E-state index is 14.1. The first-order valence-electron chi connectivity index (χ1n) is 8.04. The van der Waals surface area contributed by atoms with E-state index in [1.807, 2.05) is 0 Å². The Kier molecular flexibility index (Phi) is 5.24. The molecule has 9 heteroatoms. The number of carbonyl (C=O) groups excluding carboxylic acids is 1. The van der Waals surface area contributed by atoms with E-state index in [0.29, 0.717) is 12.5 Å². The first kappa shape index (κ1) is 18.0. The van der Waals surface area contributed by atoms with Crippen LogP contribution in [0.3, 0.4) is 0 Å². The number of nitrogens with one attached hydrogen (secondary N) is 1. The van der Waals surface area contributed by atoms with Gasteiger partial charge in [0.15, 0.2) is 11.6 Å². The minimum absolute atomic E-state index is 0.0372. The standard InChI is InChI=1S/C17H17F3N4O2/c18-13-10(2-1-3-11(13)14(19)20)6-22-16-12(26-8-9-4-5-9)7-23-17(24-16)15(21)25/h1-3,7,9,14H,4-6,8H2,(H2,21,25)(H,22,23,24). The topological polar surface area (TPSA) is 90.1 Å². The van der Waals surface area contributed by atoms with Crippen LogP contribution >= 0.6 is 0 Å². The number of anilines is 1. The third kappa shape index (κ3) is 4.22. The molecule has 138 valence electrons. The molecule has 0 unspecified atom stereocenters. The Bertz CT molecular complexity index is 813. The number of amides is 1. The number of hydrogen-bond donors (Lipinski definition) is 2. The van der Waals surface area contributed by atoms with Gasteiger partial charge in [-0.3, -0.25) is 4.79 Å². The van der Waals surface area contributed by atoms with Crippen molar-refractivity contribution >= 4 is 11.7 Å². The number of ether oxygens (including phenoxy) is 1. The molecule has 0 bridgehead atoms. The molecule has 1 aliphatic rings. The Balaban J connectivity index is 1.79. The van der Waals surface area contributed by atoms with E-state index < -0.39 is 23.7 Å². The van der Waals surface area contributed by atoms with Crippen LogP contribution in [-0.2, 0) is 6.54 Å². The van der Waals surface area contributed by atoms with Gasteiger partial charge in [-0.15, -0.1) is 0 Å². The summed E-state index contributed by atoms with van der Waals surface area (Å²) in [6.45, 7) is 0.352. The Morgan fingerprint density at radius 2 is 2.15 bits per heavy atom. The van der Waals surface area contributed by atoms with Crippen molar-refractivity contribution in [1.29, 1.82) is 0 Å². The summed E-state index contributed by atoms with van der Waals surface area (Å²) in [4.78, 5) is 19.1. The van der Waals surface area contributed by atoms with Crippen LogP contribution in [0.4, 0.5) is 19.0 Å². The second kappa shape index (κ2) is 7.59. The van der Waals surface area contributed by atoms with E-state index in [-0.39, 0.29) is 29.5 Å². The summed E-state index contributed by atoms with van der Waals surface area (Å²) < 4.78 is 45.4. The van der Waals surface area contributed by atoms with Crippen LogP contribution in [0, 0.1) is 11.7 Å². The molecule has 3 N–H and O–H groups in total.